The third-order valence-electron chi connectivity index (χ3n) is 3.75. The molecule has 0 spiro atoms. The molecule has 1 radical (unpaired) electrons. The zero-order valence-corrected chi connectivity index (χ0v) is 13.2. The summed E-state index contributed by atoms with van der Waals surface area (Å²) in [6.07, 6.45) is 8.29. The van der Waals surface area contributed by atoms with E-state index in [9.17, 15) is 0 Å². The van der Waals surface area contributed by atoms with Crippen LogP contribution in [-0.2, 0) is 9.47 Å². The van der Waals surface area contributed by atoms with Gasteiger partial charge in [0.1, 0.15) is 5.91 Å². The zero-order valence-electron chi connectivity index (χ0n) is 11.8. The van der Waals surface area contributed by atoms with Crippen LogP contribution < -0.4 is 0 Å². The fourth-order valence-electron chi connectivity index (χ4n) is 2.82. The first kappa shape index (κ1) is 15.2. The maximum Gasteiger partial charge on any atom is 0.135 e. The van der Waals surface area contributed by atoms with E-state index in [1.165, 1.54) is 38.5 Å². The van der Waals surface area contributed by atoms with Crippen LogP contribution in [0.15, 0.2) is 0 Å². The van der Waals surface area contributed by atoms with Crippen molar-refractivity contribution in [1.82, 2.24) is 0 Å². The van der Waals surface area contributed by atoms with Crippen LogP contribution in [0, 0.1) is 5.92 Å². The molecule has 0 N–H and O–H groups in total. The third kappa shape index (κ3) is 5.54. The Morgan fingerprint density at radius 2 is 1.59 bits per heavy atom. The highest BCUT2D eigenvalue weighted by Crippen LogP contribution is 2.37. The minimum atomic E-state index is -0.309. The van der Waals surface area contributed by atoms with Gasteiger partial charge in [0, 0.05) is 13.2 Å². The van der Waals surface area contributed by atoms with Crippen molar-refractivity contribution in [3.05, 3.63) is 5.92 Å². The van der Waals surface area contributed by atoms with Gasteiger partial charge in [0.15, 0.2) is 0 Å². The van der Waals surface area contributed by atoms with Crippen LogP contribution in [0.5, 0.6) is 0 Å². The van der Waals surface area contributed by atoms with Gasteiger partial charge in [0.05, 0.1) is 9.52 Å². The van der Waals surface area contributed by atoms with Gasteiger partial charge in [-0.15, -0.1) is 0 Å². The monoisotopic (exact) mass is 257 g/mol. The van der Waals surface area contributed by atoms with Crippen LogP contribution in [0.2, 0.25) is 5.54 Å². The molecule has 0 saturated heterocycles. The Hall–Kier alpha value is 0.137. The van der Waals surface area contributed by atoms with Crippen LogP contribution in [-0.4, -0.2) is 28.6 Å². The first-order chi connectivity index (χ1) is 8.31. The molecular weight excluding hydrogens is 228 g/mol. The number of hydrogen-bond donors (Lipinski definition) is 0. The van der Waals surface area contributed by atoms with Crippen LogP contribution in [0.3, 0.4) is 0 Å². The molecule has 1 unspecified atom stereocenters. The molecule has 0 aliphatic heterocycles. The molecule has 1 aliphatic rings. The molecule has 1 fully saturated rings. The van der Waals surface area contributed by atoms with Gasteiger partial charge in [-0.25, -0.2) is 0 Å². The van der Waals surface area contributed by atoms with Gasteiger partial charge in [-0.3, -0.25) is 0 Å². The lowest BCUT2D eigenvalue weighted by atomic mass is 9.86. The Balaban J connectivity index is 2.41. The predicted molar refractivity (Wildman–Crippen MR) is 76.0 cm³/mol. The van der Waals surface area contributed by atoms with Gasteiger partial charge in [0.2, 0.25) is 0 Å². The molecule has 3 heteroatoms. The van der Waals surface area contributed by atoms with Crippen LogP contribution in [0.4, 0.5) is 0 Å². The van der Waals surface area contributed by atoms with Crippen molar-refractivity contribution in [3.8, 4) is 0 Å². The van der Waals surface area contributed by atoms with Crippen LogP contribution in [0.25, 0.3) is 0 Å². The molecule has 2 nitrogen and oxygen atoms in total. The van der Waals surface area contributed by atoms with E-state index in [4.69, 9.17) is 9.47 Å². The SMILES string of the molecule is CCOC(OCC)[SiH2]C(CC)[C]1CCCCC1. The minimum Gasteiger partial charge on any atom is -0.357 e. The second kappa shape index (κ2) is 9.12. The number of hydrogen-bond acceptors (Lipinski definition) is 2. The van der Waals surface area contributed by atoms with Crippen molar-refractivity contribution >= 4 is 9.52 Å². The molecule has 101 valence electrons. The molecule has 0 heterocycles. The molecule has 0 aromatic rings. The van der Waals surface area contributed by atoms with E-state index in [2.05, 4.69) is 20.8 Å². The maximum atomic E-state index is 5.73. The summed E-state index contributed by atoms with van der Waals surface area (Å²) in [5, 5.41) is 0. The van der Waals surface area contributed by atoms with E-state index in [0.717, 1.165) is 18.8 Å². The molecule has 1 rings (SSSR count). The Morgan fingerprint density at radius 1 is 1.00 bits per heavy atom. The largest absolute Gasteiger partial charge is 0.357 e. The fourth-order valence-corrected chi connectivity index (χ4v) is 5.11. The summed E-state index contributed by atoms with van der Waals surface area (Å²) in [6.45, 7) is 8.02. The maximum absolute atomic E-state index is 5.73. The average Bonchev–Trinajstić information content (AvgIpc) is 2.37. The van der Waals surface area contributed by atoms with Crippen molar-refractivity contribution in [2.45, 2.75) is 70.8 Å². The molecule has 0 aromatic heterocycles. The highest BCUT2D eigenvalue weighted by molar-refractivity contribution is 6.39. The van der Waals surface area contributed by atoms with E-state index >= 15 is 0 Å². The topological polar surface area (TPSA) is 18.5 Å². The Bertz CT molecular complexity index is 175. The predicted octanol–water partition coefficient (Wildman–Crippen LogP) is 3.25. The molecule has 0 amide bonds. The van der Waals surface area contributed by atoms with E-state index < -0.39 is 0 Å². The molecule has 0 aromatic carbocycles. The number of ether oxygens (including phenoxy) is 2. The van der Waals surface area contributed by atoms with Gasteiger partial charge in [-0.05, 0) is 38.1 Å². The molecule has 17 heavy (non-hydrogen) atoms. The van der Waals surface area contributed by atoms with Crippen molar-refractivity contribution < 1.29 is 9.47 Å². The number of rotatable bonds is 8. The van der Waals surface area contributed by atoms with E-state index in [1.54, 1.807) is 0 Å². The summed E-state index contributed by atoms with van der Waals surface area (Å²) in [6, 6.07) is 0. The molecule has 1 saturated carbocycles. The summed E-state index contributed by atoms with van der Waals surface area (Å²) in [5.41, 5.74) is 0.846. The average molecular weight is 257 g/mol. The molecule has 1 aliphatic carbocycles. The van der Waals surface area contributed by atoms with Gasteiger partial charge >= 0.3 is 0 Å². The van der Waals surface area contributed by atoms with E-state index in [-0.39, 0.29) is 15.4 Å². The highest BCUT2D eigenvalue weighted by Gasteiger charge is 2.26. The summed E-state index contributed by atoms with van der Waals surface area (Å²) < 4.78 is 11.5. The summed E-state index contributed by atoms with van der Waals surface area (Å²) in [5.74, 6) is 1.97. The molecular formula is C14H29O2Si. The second-order valence-corrected chi connectivity index (χ2v) is 7.02. The lowest BCUT2D eigenvalue weighted by Gasteiger charge is -2.31. The summed E-state index contributed by atoms with van der Waals surface area (Å²) >= 11 is 0. The van der Waals surface area contributed by atoms with Gasteiger partial charge in [0.25, 0.3) is 0 Å². The van der Waals surface area contributed by atoms with Crippen LogP contribution in [0.1, 0.15) is 59.3 Å². The lowest BCUT2D eigenvalue weighted by Crippen LogP contribution is -2.30. The lowest BCUT2D eigenvalue weighted by molar-refractivity contribution is -0.0834. The summed E-state index contributed by atoms with van der Waals surface area (Å²) in [7, 11) is -0.309. The van der Waals surface area contributed by atoms with Crippen molar-refractivity contribution in [2.75, 3.05) is 13.2 Å². The zero-order chi connectivity index (χ0) is 12.5. The van der Waals surface area contributed by atoms with Gasteiger partial charge < -0.3 is 9.47 Å². The quantitative estimate of drug-likeness (QED) is 0.491. The molecule has 1 atom stereocenters. The first-order valence-electron chi connectivity index (χ1n) is 7.39. The summed E-state index contributed by atoms with van der Waals surface area (Å²) in [4.78, 5) is 0. The minimum absolute atomic E-state index is 0.143. The Labute approximate surface area is 109 Å². The van der Waals surface area contributed by atoms with Crippen molar-refractivity contribution in [2.24, 2.45) is 0 Å². The second-order valence-electron chi connectivity index (χ2n) is 4.90. The highest BCUT2D eigenvalue weighted by atomic mass is 28.2. The van der Waals surface area contributed by atoms with Crippen molar-refractivity contribution in [1.29, 1.82) is 0 Å². The fraction of sp³-hybridized carbons (Fsp3) is 0.929. The van der Waals surface area contributed by atoms with Crippen LogP contribution >= 0.6 is 0 Å². The standard InChI is InChI=1S/C14H29O2Si/c1-4-13(12-10-8-7-9-11-12)17-14(15-5-2)16-6-3/h13-14H,4-11,17H2,1-3H3. The smallest absolute Gasteiger partial charge is 0.135 e. The first-order valence-corrected chi connectivity index (χ1v) is 9.02. The molecule has 0 bridgehead atoms. The van der Waals surface area contributed by atoms with E-state index in [0.29, 0.717) is 0 Å². The normalized spacial score (nSPS) is 20.5. The Kier molecular flexibility index (Phi) is 8.15. The van der Waals surface area contributed by atoms with Gasteiger partial charge in [-0.1, -0.05) is 32.6 Å². The van der Waals surface area contributed by atoms with Crippen molar-refractivity contribution in [3.63, 3.8) is 0 Å². The van der Waals surface area contributed by atoms with Gasteiger partial charge in [-0.2, -0.15) is 0 Å². The third-order valence-corrected chi connectivity index (χ3v) is 6.33. The van der Waals surface area contributed by atoms with E-state index in [1.807, 2.05) is 5.92 Å². The Morgan fingerprint density at radius 3 is 2.06 bits per heavy atom.